The van der Waals surface area contributed by atoms with E-state index in [1.165, 1.54) is 11.8 Å². The van der Waals surface area contributed by atoms with Gasteiger partial charge in [0, 0.05) is 0 Å². The molecule has 0 aliphatic heterocycles. The fourth-order valence-corrected chi connectivity index (χ4v) is 2.97. The van der Waals surface area contributed by atoms with Crippen molar-refractivity contribution in [3.63, 3.8) is 0 Å². The summed E-state index contributed by atoms with van der Waals surface area (Å²) in [6.45, 7) is 2.27. The van der Waals surface area contributed by atoms with Gasteiger partial charge in [-0.25, -0.2) is 0 Å². The second-order valence-corrected chi connectivity index (χ2v) is 6.54. The number of carbonyl (C=O) groups is 1. The minimum absolute atomic E-state index is 0.208. The van der Waals surface area contributed by atoms with Gasteiger partial charge in [-0.05, 0) is 31.2 Å². The molecule has 1 N–H and O–H groups in total. The first-order valence-electron chi connectivity index (χ1n) is 7.54. The molecule has 0 fully saturated rings. The Kier molecular flexibility index (Phi) is 5.16. The van der Waals surface area contributed by atoms with Crippen molar-refractivity contribution in [3.8, 4) is 6.07 Å². The van der Waals surface area contributed by atoms with Gasteiger partial charge >= 0.3 is 0 Å². The summed E-state index contributed by atoms with van der Waals surface area (Å²) in [5, 5.41) is 20.1. The van der Waals surface area contributed by atoms with Crippen LogP contribution in [0.15, 0.2) is 58.6 Å². The Morgan fingerprint density at radius 1 is 1.40 bits per heavy atom. The number of furan rings is 1. The monoisotopic (exact) mass is 353 g/mol. The Morgan fingerprint density at radius 3 is 3.00 bits per heavy atom. The molecule has 1 amide bonds. The molecule has 2 aromatic heterocycles. The molecule has 0 spiro atoms. The third-order valence-corrected chi connectivity index (χ3v) is 4.54. The van der Waals surface area contributed by atoms with Gasteiger partial charge in [0.05, 0.1) is 29.3 Å². The van der Waals surface area contributed by atoms with Crippen molar-refractivity contribution < 1.29 is 9.21 Å². The second-order valence-electron chi connectivity index (χ2n) is 5.23. The van der Waals surface area contributed by atoms with Crippen LogP contribution in [0.1, 0.15) is 18.2 Å². The molecule has 0 saturated carbocycles. The number of nitrogens with zero attached hydrogens (tertiary/aromatic N) is 4. The number of amides is 1. The first-order valence-corrected chi connectivity index (χ1v) is 8.42. The molecule has 1 unspecified atom stereocenters. The van der Waals surface area contributed by atoms with Crippen LogP contribution in [-0.2, 0) is 11.3 Å². The van der Waals surface area contributed by atoms with Crippen LogP contribution in [0.5, 0.6) is 0 Å². The number of nitrogens with one attached hydrogen (secondary N) is 1. The van der Waals surface area contributed by atoms with Gasteiger partial charge in [-0.1, -0.05) is 23.9 Å². The highest BCUT2D eigenvalue weighted by molar-refractivity contribution is 8.00. The van der Waals surface area contributed by atoms with Crippen molar-refractivity contribution in [1.29, 1.82) is 5.26 Å². The molecule has 0 radical (unpaired) electrons. The molecule has 1 aromatic carbocycles. The molecule has 1 atom stereocenters. The van der Waals surface area contributed by atoms with Gasteiger partial charge in [-0.2, -0.15) is 5.26 Å². The van der Waals surface area contributed by atoms with Crippen molar-refractivity contribution in [2.24, 2.45) is 0 Å². The maximum absolute atomic E-state index is 12.4. The molecule has 7 nitrogen and oxygen atoms in total. The number of carbonyl (C=O) groups excluding carboxylic acids is 1. The molecule has 0 bridgehead atoms. The van der Waals surface area contributed by atoms with Crippen molar-refractivity contribution in [1.82, 2.24) is 14.8 Å². The molecular weight excluding hydrogens is 338 g/mol. The molecule has 25 heavy (non-hydrogen) atoms. The summed E-state index contributed by atoms with van der Waals surface area (Å²) in [7, 11) is 0. The molecule has 0 aliphatic rings. The first-order chi connectivity index (χ1) is 12.2. The lowest BCUT2D eigenvalue weighted by molar-refractivity contribution is -0.115. The van der Waals surface area contributed by atoms with Crippen LogP contribution in [0.4, 0.5) is 5.69 Å². The number of hydrogen-bond donors (Lipinski definition) is 1. The summed E-state index contributed by atoms with van der Waals surface area (Å²) in [5.74, 6) is 0.571. The number of thioether (sulfide) groups is 1. The van der Waals surface area contributed by atoms with Crippen LogP contribution in [0.3, 0.4) is 0 Å². The Labute approximate surface area is 148 Å². The molecule has 3 rings (SSSR count). The van der Waals surface area contributed by atoms with Crippen LogP contribution < -0.4 is 5.32 Å². The second kappa shape index (κ2) is 7.68. The van der Waals surface area contributed by atoms with E-state index in [0.717, 1.165) is 5.76 Å². The van der Waals surface area contributed by atoms with Crippen molar-refractivity contribution in [3.05, 3.63) is 60.3 Å². The third-order valence-electron chi connectivity index (χ3n) is 3.44. The number of benzene rings is 1. The maximum Gasteiger partial charge on any atom is 0.237 e. The van der Waals surface area contributed by atoms with Gasteiger partial charge in [-0.3, -0.25) is 4.79 Å². The number of rotatable bonds is 6. The van der Waals surface area contributed by atoms with E-state index in [1.54, 1.807) is 43.8 Å². The zero-order valence-electron chi connectivity index (χ0n) is 13.4. The topological polar surface area (TPSA) is 96.7 Å². The summed E-state index contributed by atoms with van der Waals surface area (Å²) in [5.41, 5.74) is 0.925. The van der Waals surface area contributed by atoms with Gasteiger partial charge in [0.15, 0.2) is 5.16 Å². The van der Waals surface area contributed by atoms with Gasteiger partial charge in [0.2, 0.25) is 5.91 Å². The first kappa shape index (κ1) is 16.8. The number of nitriles is 1. The molecule has 0 saturated heterocycles. The molecule has 2 heterocycles. The third kappa shape index (κ3) is 4.08. The normalized spacial score (nSPS) is 11.7. The van der Waals surface area contributed by atoms with E-state index in [1.807, 2.05) is 16.7 Å². The predicted molar refractivity (Wildman–Crippen MR) is 92.9 cm³/mol. The maximum atomic E-state index is 12.4. The number of aromatic nitrogens is 3. The SMILES string of the molecule is CC(Sc1nncn1Cc1ccco1)C(=O)Nc1ccccc1C#N. The average molecular weight is 353 g/mol. The molecule has 126 valence electrons. The molecule has 8 heteroatoms. The van der Waals surface area contributed by atoms with E-state index in [4.69, 9.17) is 9.68 Å². The van der Waals surface area contributed by atoms with E-state index in [9.17, 15) is 4.79 Å². The summed E-state index contributed by atoms with van der Waals surface area (Å²) >= 11 is 1.29. The Bertz CT molecular complexity index is 898. The summed E-state index contributed by atoms with van der Waals surface area (Å²) < 4.78 is 7.14. The van der Waals surface area contributed by atoms with E-state index in [0.29, 0.717) is 23.0 Å². The quantitative estimate of drug-likeness (QED) is 0.684. The highest BCUT2D eigenvalue weighted by Gasteiger charge is 2.19. The van der Waals surface area contributed by atoms with E-state index >= 15 is 0 Å². The zero-order chi connectivity index (χ0) is 17.6. The van der Waals surface area contributed by atoms with Crippen molar-refractivity contribution >= 4 is 23.4 Å². The van der Waals surface area contributed by atoms with Gasteiger partial charge in [0.1, 0.15) is 18.2 Å². The van der Waals surface area contributed by atoms with E-state index in [-0.39, 0.29) is 5.91 Å². The van der Waals surface area contributed by atoms with Gasteiger partial charge in [0.25, 0.3) is 0 Å². The molecule has 3 aromatic rings. The molecule has 0 aliphatic carbocycles. The summed E-state index contributed by atoms with van der Waals surface area (Å²) in [6, 6.07) is 12.6. The highest BCUT2D eigenvalue weighted by atomic mass is 32.2. The number of hydrogen-bond acceptors (Lipinski definition) is 6. The largest absolute Gasteiger partial charge is 0.467 e. The van der Waals surface area contributed by atoms with Crippen LogP contribution in [-0.4, -0.2) is 25.9 Å². The standard InChI is InChI=1S/C17H15N5O2S/c1-12(16(23)20-15-7-3-2-5-13(15)9-18)25-17-21-19-11-22(17)10-14-6-4-8-24-14/h2-8,11-12H,10H2,1H3,(H,20,23). The van der Waals surface area contributed by atoms with Crippen LogP contribution >= 0.6 is 11.8 Å². The molecular formula is C17H15N5O2S. The Hall–Kier alpha value is -3.05. The summed E-state index contributed by atoms with van der Waals surface area (Å²) in [6.07, 6.45) is 3.20. The lowest BCUT2D eigenvalue weighted by Crippen LogP contribution is -2.23. The lowest BCUT2D eigenvalue weighted by Gasteiger charge is -2.12. The minimum Gasteiger partial charge on any atom is -0.467 e. The Morgan fingerprint density at radius 2 is 2.24 bits per heavy atom. The van der Waals surface area contributed by atoms with Gasteiger partial charge in [-0.15, -0.1) is 10.2 Å². The van der Waals surface area contributed by atoms with Crippen molar-refractivity contribution in [2.75, 3.05) is 5.32 Å². The number of para-hydroxylation sites is 1. The fraction of sp³-hybridized carbons (Fsp3) is 0.176. The summed E-state index contributed by atoms with van der Waals surface area (Å²) in [4.78, 5) is 12.4. The lowest BCUT2D eigenvalue weighted by atomic mass is 10.2. The smallest absolute Gasteiger partial charge is 0.237 e. The van der Waals surface area contributed by atoms with Crippen LogP contribution in [0.2, 0.25) is 0 Å². The van der Waals surface area contributed by atoms with Gasteiger partial charge < -0.3 is 14.3 Å². The van der Waals surface area contributed by atoms with E-state index in [2.05, 4.69) is 21.6 Å². The fourth-order valence-electron chi connectivity index (χ4n) is 2.15. The number of anilines is 1. The van der Waals surface area contributed by atoms with Crippen LogP contribution in [0, 0.1) is 11.3 Å². The van der Waals surface area contributed by atoms with E-state index < -0.39 is 5.25 Å². The minimum atomic E-state index is -0.411. The van der Waals surface area contributed by atoms with Crippen molar-refractivity contribution in [2.45, 2.75) is 23.9 Å². The highest BCUT2D eigenvalue weighted by Crippen LogP contribution is 2.23. The predicted octanol–water partition coefficient (Wildman–Crippen LogP) is 2.91. The van der Waals surface area contributed by atoms with Crippen LogP contribution in [0.25, 0.3) is 0 Å². The average Bonchev–Trinajstić information content (AvgIpc) is 3.28. The zero-order valence-corrected chi connectivity index (χ0v) is 14.2. The Balaban J connectivity index is 1.66.